The van der Waals surface area contributed by atoms with Gasteiger partial charge in [-0.05, 0) is 39.2 Å². The molecule has 6 heteroatoms. The predicted molar refractivity (Wildman–Crippen MR) is 79.8 cm³/mol. The number of aromatic nitrogens is 4. The van der Waals surface area contributed by atoms with E-state index in [1.807, 2.05) is 13.8 Å². The third kappa shape index (κ3) is 2.93. The maximum Gasteiger partial charge on any atom is 0.253 e. The number of rotatable bonds is 5. The minimum Gasteiger partial charge on any atom is -0.216 e. The number of thioether (sulfide) groups is 1. The fourth-order valence-electron chi connectivity index (χ4n) is 2.14. The van der Waals surface area contributed by atoms with Crippen molar-refractivity contribution in [1.29, 1.82) is 5.26 Å². The molecule has 0 spiro atoms. The van der Waals surface area contributed by atoms with Crippen molar-refractivity contribution in [2.45, 2.75) is 57.4 Å². The van der Waals surface area contributed by atoms with Crippen LogP contribution in [0.25, 0.3) is 5.78 Å². The van der Waals surface area contributed by atoms with Gasteiger partial charge in [0.25, 0.3) is 5.78 Å². The number of hydrogen-bond acceptors (Lipinski definition) is 5. The zero-order valence-electron chi connectivity index (χ0n) is 12.3. The summed E-state index contributed by atoms with van der Waals surface area (Å²) in [6.07, 6.45) is 3.33. The van der Waals surface area contributed by atoms with E-state index in [2.05, 4.69) is 35.0 Å². The molecule has 0 bridgehead atoms. The Morgan fingerprint density at radius 2 is 2.10 bits per heavy atom. The van der Waals surface area contributed by atoms with E-state index in [1.54, 1.807) is 4.52 Å². The molecule has 0 aliphatic carbocycles. The molecule has 0 radical (unpaired) electrons. The Labute approximate surface area is 123 Å². The van der Waals surface area contributed by atoms with E-state index < -0.39 is 0 Å². The average molecular weight is 289 g/mol. The molecule has 0 unspecified atom stereocenters. The van der Waals surface area contributed by atoms with Gasteiger partial charge < -0.3 is 0 Å². The number of nitriles is 1. The summed E-state index contributed by atoms with van der Waals surface area (Å²) in [6.45, 7) is 8.11. The Bertz CT molecular complexity index is 656. The molecule has 2 heterocycles. The van der Waals surface area contributed by atoms with Gasteiger partial charge in [0.2, 0.25) is 5.16 Å². The van der Waals surface area contributed by atoms with Gasteiger partial charge in [0, 0.05) is 11.4 Å². The van der Waals surface area contributed by atoms with E-state index in [9.17, 15) is 0 Å². The zero-order valence-corrected chi connectivity index (χ0v) is 13.2. The molecule has 2 aromatic rings. The smallest absolute Gasteiger partial charge is 0.216 e. The van der Waals surface area contributed by atoms with E-state index in [0.29, 0.717) is 10.9 Å². The van der Waals surface area contributed by atoms with Crippen molar-refractivity contribution in [3.8, 4) is 6.07 Å². The molecular formula is C14H19N5S. The van der Waals surface area contributed by atoms with E-state index in [1.165, 1.54) is 17.3 Å². The van der Waals surface area contributed by atoms with E-state index in [-0.39, 0.29) is 5.25 Å². The molecule has 2 aromatic heterocycles. The predicted octanol–water partition coefficient (Wildman–Crippen LogP) is 3.09. The summed E-state index contributed by atoms with van der Waals surface area (Å²) in [5.41, 5.74) is 3.39. The highest BCUT2D eigenvalue weighted by molar-refractivity contribution is 8.00. The third-order valence-electron chi connectivity index (χ3n) is 3.27. The second-order valence-electron chi connectivity index (χ2n) is 4.86. The highest BCUT2D eigenvalue weighted by Crippen LogP contribution is 2.22. The molecule has 1 atom stereocenters. The van der Waals surface area contributed by atoms with Crippen LogP contribution in [0.5, 0.6) is 0 Å². The summed E-state index contributed by atoms with van der Waals surface area (Å²) < 4.78 is 1.80. The molecule has 0 aliphatic heterocycles. The Morgan fingerprint density at radius 1 is 1.35 bits per heavy atom. The monoisotopic (exact) mass is 289 g/mol. The van der Waals surface area contributed by atoms with E-state index in [0.717, 1.165) is 30.7 Å². The van der Waals surface area contributed by atoms with Crippen LogP contribution in [0.2, 0.25) is 0 Å². The quantitative estimate of drug-likeness (QED) is 0.791. The summed E-state index contributed by atoms with van der Waals surface area (Å²) in [4.78, 5) is 8.93. The Balaban J connectivity index is 2.42. The Hall–Kier alpha value is -1.61. The molecule has 2 rings (SSSR count). The Kier molecular flexibility index (Phi) is 4.61. The van der Waals surface area contributed by atoms with Crippen LogP contribution < -0.4 is 0 Å². The molecule has 0 amide bonds. The van der Waals surface area contributed by atoms with Gasteiger partial charge in [-0.2, -0.15) is 10.2 Å². The first-order chi connectivity index (χ1) is 9.56. The van der Waals surface area contributed by atoms with Crippen LogP contribution in [0.4, 0.5) is 0 Å². The SMILES string of the molecule is CCCCc1c(C)nc2nc(S[C@@H](C)C#N)nn2c1C. The fraction of sp³-hybridized carbons (Fsp3) is 0.571. The normalized spacial score (nSPS) is 12.6. The summed E-state index contributed by atoms with van der Waals surface area (Å²) in [5, 5.41) is 13.8. The summed E-state index contributed by atoms with van der Waals surface area (Å²) >= 11 is 1.36. The topological polar surface area (TPSA) is 66.9 Å². The number of hydrogen-bond donors (Lipinski definition) is 0. The molecule has 0 N–H and O–H groups in total. The summed E-state index contributed by atoms with van der Waals surface area (Å²) in [5.74, 6) is 0.618. The molecular weight excluding hydrogens is 270 g/mol. The van der Waals surface area contributed by atoms with Gasteiger partial charge in [-0.15, -0.1) is 5.10 Å². The number of unbranched alkanes of at least 4 members (excludes halogenated alkanes) is 1. The maximum atomic E-state index is 8.86. The molecule has 5 nitrogen and oxygen atoms in total. The first-order valence-electron chi connectivity index (χ1n) is 6.86. The lowest BCUT2D eigenvalue weighted by Gasteiger charge is -2.09. The second kappa shape index (κ2) is 6.23. The lowest BCUT2D eigenvalue weighted by molar-refractivity contribution is 0.753. The largest absolute Gasteiger partial charge is 0.253 e. The van der Waals surface area contributed by atoms with Crippen LogP contribution in [-0.2, 0) is 6.42 Å². The lowest BCUT2D eigenvalue weighted by atomic mass is 10.1. The van der Waals surface area contributed by atoms with Gasteiger partial charge in [0.05, 0.1) is 11.3 Å². The standard InChI is InChI=1S/C14H19N5S/c1-5-6-7-12-10(3)16-13-17-14(20-9(2)8-15)18-19(13)11(12)4/h9H,5-7H2,1-4H3/t9-/m0/s1. The molecule has 0 aromatic carbocycles. The fourth-order valence-corrected chi connectivity index (χ4v) is 2.77. The van der Waals surface area contributed by atoms with Crippen LogP contribution in [0.15, 0.2) is 5.16 Å². The van der Waals surface area contributed by atoms with Crippen molar-refractivity contribution in [1.82, 2.24) is 19.6 Å². The van der Waals surface area contributed by atoms with Gasteiger partial charge in [-0.1, -0.05) is 25.1 Å². The van der Waals surface area contributed by atoms with Crippen molar-refractivity contribution in [3.05, 3.63) is 17.0 Å². The number of aryl methyl sites for hydroxylation is 2. The molecule has 106 valence electrons. The van der Waals surface area contributed by atoms with Gasteiger partial charge in [-0.3, -0.25) is 0 Å². The highest BCUT2D eigenvalue weighted by Gasteiger charge is 2.14. The van der Waals surface area contributed by atoms with Crippen LogP contribution in [-0.4, -0.2) is 24.8 Å². The minimum absolute atomic E-state index is 0.159. The Morgan fingerprint density at radius 3 is 2.75 bits per heavy atom. The maximum absolute atomic E-state index is 8.86. The van der Waals surface area contributed by atoms with Crippen molar-refractivity contribution in [2.75, 3.05) is 0 Å². The zero-order chi connectivity index (χ0) is 14.7. The van der Waals surface area contributed by atoms with Crippen molar-refractivity contribution >= 4 is 17.5 Å². The molecule has 0 saturated carbocycles. The third-order valence-corrected chi connectivity index (χ3v) is 4.12. The average Bonchev–Trinajstić information content (AvgIpc) is 2.81. The van der Waals surface area contributed by atoms with Gasteiger partial charge >= 0.3 is 0 Å². The van der Waals surface area contributed by atoms with Gasteiger partial charge in [0.15, 0.2) is 0 Å². The highest BCUT2D eigenvalue weighted by atomic mass is 32.2. The second-order valence-corrected chi connectivity index (χ2v) is 6.17. The van der Waals surface area contributed by atoms with Crippen molar-refractivity contribution in [3.63, 3.8) is 0 Å². The lowest BCUT2D eigenvalue weighted by Crippen LogP contribution is -2.05. The summed E-state index contributed by atoms with van der Waals surface area (Å²) in [6, 6.07) is 2.18. The molecule has 0 aliphatic rings. The minimum atomic E-state index is -0.159. The van der Waals surface area contributed by atoms with Crippen molar-refractivity contribution in [2.24, 2.45) is 0 Å². The van der Waals surface area contributed by atoms with Crippen LogP contribution >= 0.6 is 11.8 Å². The van der Waals surface area contributed by atoms with Gasteiger partial charge in [0.1, 0.15) is 0 Å². The summed E-state index contributed by atoms with van der Waals surface area (Å²) in [7, 11) is 0. The number of nitrogens with zero attached hydrogens (tertiary/aromatic N) is 5. The first kappa shape index (κ1) is 14.8. The van der Waals surface area contributed by atoms with Crippen LogP contribution in [0.1, 0.15) is 43.6 Å². The van der Waals surface area contributed by atoms with E-state index in [4.69, 9.17) is 5.26 Å². The van der Waals surface area contributed by atoms with Crippen LogP contribution in [0.3, 0.4) is 0 Å². The van der Waals surface area contributed by atoms with Crippen molar-refractivity contribution < 1.29 is 0 Å². The molecule has 20 heavy (non-hydrogen) atoms. The molecule has 0 fully saturated rings. The van der Waals surface area contributed by atoms with Gasteiger partial charge in [-0.25, -0.2) is 9.50 Å². The first-order valence-corrected chi connectivity index (χ1v) is 7.74. The van der Waals surface area contributed by atoms with E-state index >= 15 is 0 Å². The van der Waals surface area contributed by atoms with Crippen LogP contribution in [0, 0.1) is 25.2 Å². The molecule has 0 saturated heterocycles. The number of fused-ring (bicyclic) bond motifs is 1.